The van der Waals surface area contributed by atoms with Crippen molar-refractivity contribution in [3.8, 4) is 11.3 Å². The minimum absolute atomic E-state index is 0.0615. The molecule has 0 radical (unpaired) electrons. The van der Waals surface area contributed by atoms with Gasteiger partial charge in [0.2, 0.25) is 0 Å². The molecule has 0 aliphatic carbocycles. The van der Waals surface area contributed by atoms with Crippen LogP contribution in [-0.2, 0) is 17.8 Å². The van der Waals surface area contributed by atoms with Crippen LogP contribution in [0.1, 0.15) is 36.1 Å². The molecule has 10 heteroatoms. The maximum atomic E-state index is 14.4. The Morgan fingerprint density at radius 1 is 1.18 bits per heavy atom. The molecule has 0 N–H and O–H groups in total. The molecule has 2 aliphatic heterocycles. The molecule has 0 bridgehead atoms. The van der Waals surface area contributed by atoms with E-state index in [0.29, 0.717) is 17.1 Å². The van der Waals surface area contributed by atoms with Crippen molar-refractivity contribution in [2.75, 3.05) is 11.4 Å². The Kier molecular flexibility index (Phi) is 5.02. The highest BCUT2D eigenvalue weighted by Crippen LogP contribution is 2.35. The summed E-state index contributed by atoms with van der Waals surface area (Å²) in [5.74, 6) is -1.44. The summed E-state index contributed by atoms with van der Waals surface area (Å²) in [6.45, 7) is 1.03. The monoisotopic (exact) mass is 457 g/mol. The largest absolute Gasteiger partial charge is 0.406 e. The van der Waals surface area contributed by atoms with E-state index in [1.54, 1.807) is 6.20 Å². The summed E-state index contributed by atoms with van der Waals surface area (Å²) >= 11 is 0. The number of benzene rings is 2. The van der Waals surface area contributed by atoms with E-state index in [1.807, 2.05) is 25.1 Å². The van der Waals surface area contributed by atoms with Gasteiger partial charge in [-0.2, -0.15) is 13.2 Å². The Hall–Kier alpha value is -3.56. The molecule has 3 aromatic rings. The van der Waals surface area contributed by atoms with Crippen molar-refractivity contribution < 1.29 is 22.4 Å². The maximum absolute atomic E-state index is 14.4. The van der Waals surface area contributed by atoms with E-state index < -0.39 is 30.5 Å². The molecule has 2 aromatic carbocycles. The van der Waals surface area contributed by atoms with Crippen molar-refractivity contribution in [3.63, 3.8) is 0 Å². The zero-order chi connectivity index (χ0) is 23.3. The van der Waals surface area contributed by atoms with E-state index in [2.05, 4.69) is 15.3 Å². The summed E-state index contributed by atoms with van der Waals surface area (Å²) in [7, 11) is 0. The van der Waals surface area contributed by atoms with Crippen LogP contribution in [0, 0.1) is 5.82 Å². The number of aliphatic imine (C=N–C) groups is 1. The molecule has 1 amide bonds. The fourth-order valence-electron chi connectivity index (χ4n) is 4.40. The van der Waals surface area contributed by atoms with Gasteiger partial charge < -0.3 is 4.90 Å². The Labute approximate surface area is 186 Å². The molecular formula is C23H19F4N5O. The molecular weight excluding hydrogens is 438 g/mol. The highest BCUT2D eigenvalue weighted by molar-refractivity contribution is 6.02. The number of carbonyl (C=O) groups is 1. The van der Waals surface area contributed by atoms with Crippen LogP contribution in [0.4, 0.5) is 23.2 Å². The summed E-state index contributed by atoms with van der Waals surface area (Å²) in [4.78, 5) is 18.2. The topological polar surface area (TPSA) is 63.4 Å². The van der Waals surface area contributed by atoms with Crippen LogP contribution in [0.2, 0.25) is 0 Å². The Bertz CT molecular complexity index is 1280. The van der Waals surface area contributed by atoms with Crippen LogP contribution in [-0.4, -0.2) is 39.3 Å². The third-order valence-electron chi connectivity index (χ3n) is 6.05. The predicted molar refractivity (Wildman–Crippen MR) is 114 cm³/mol. The van der Waals surface area contributed by atoms with E-state index in [1.165, 1.54) is 22.9 Å². The molecule has 2 aliphatic rings. The lowest BCUT2D eigenvalue weighted by molar-refractivity contribution is -0.134. The number of halogens is 4. The standard InChI is InChI=1S/C23H19F4N5O/c1-13-17-9-14(5-6-15(17)10-28-13)19-11-32(30-29-19)21-8-7-16-18(24)3-2-4-20(16)31(22(21)33)12-23(25,26)27/h2-6,9,11,21H,7-8,10,12H2,1H3. The molecule has 0 saturated heterocycles. The van der Waals surface area contributed by atoms with Crippen molar-refractivity contribution in [3.05, 3.63) is 65.1 Å². The molecule has 5 rings (SSSR count). The van der Waals surface area contributed by atoms with E-state index in [0.717, 1.165) is 22.4 Å². The first kappa shape index (κ1) is 21.3. The number of hydrogen-bond acceptors (Lipinski definition) is 4. The van der Waals surface area contributed by atoms with Gasteiger partial charge in [-0.25, -0.2) is 9.07 Å². The van der Waals surface area contributed by atoms with Crippen molar-refractivity contribution in [1.82, 2.24) is 15.0 Å². The van der Waals surface area contributed by atoms with Gasteiger partial charge >= 0.3 is 6.18 Å². The highest BCUT2D eigenvalue weighted by atomic mass is 19.4. The first-order valence-corrected chi connectivity index (χ1v) is 10.4. The molecule has 0 spiro atoms. The highest BCUT2D eigenvalue weighted by Gasteiger charge is 2.40. The van der Waals surface area contributed by atoms with Crippen LogP contribution in [0.25, 0.3) is 11.3 Å². The third kappa shape index (κ3) is 3.90. The Morgan fingerprint density at radius 3 is 2.79 bits per heavy atom. The molecule has 33 heavy (non-hydrogen) atoms. The van der Waals surface area contributed by atoms with E-state index in [4.69, 9.17) is 0 Å². The zero-order valence-electron chi connectivity index (χ0n) is 17.6. The molecule has 0 fully saturated rings. The summed E-state index contributed by atoms with van der Waals surface area (Å²) < 4.78 is 55.6. The Morgan fingerprint density at radius 2 is 2.00 bits per heavy atom. The average molecular weight is 457 g/mol. The molecule has 1 atom stereocenters. The summed E-state index contributed by atoms with van der Waals surface area (Å²) in [5, 5.41) is 8.20. The molecule has 170 valence electrons. The van der Waals surface area contributed by atoms with Gasteiger partial charge in [-0.05, 0) is 43.5 Å². The molecule has 1 aromatic heterocycles. The van der Waals surface area contributed by atoms with Crippen LogP contribution < -0.4 is 4.90 Å². The number of amides is 1. The van der Waals surface area contributed by atoms with Crippen molar-refractivity contribution in [2.45, 2.75) is 38.5 Å². The first-order chi connectivity index (χ1) is 15.7. The fourth-order valence-corrected chi connectivity index (χ4v) is 4.40. The lowest BCUT2D eigenvalue weighted by Crippen LogP contribution is -2.42. The minimum Gasteiger partial charge on any atom is -0.301 e. The van der Waals surface area contributed by atoms with E-state index in [-0.39, 0.29) is 24.1 Å². The normalized spacial score (nSPS) is 18.1. The van der Waals surface area contributed by atoms with Gasteiger partial charge in [-0.1, -0.05) is 23.4 Å². The average Bonchev–Trinajstić information content (AvgIpc) is 3.36. The SMILES string of the molecule is CC1=NCc2ccc(-c3cn(C4CCc5c(F)cccc5N(CC(F)(F)F)C4=O)nn3)cc21. The Balaban J connectivity index is 1.50. The molecule has 3 heterocycles. The van der Waals surface area contributed by atoms with Crippen molar-refractivity contribution in [2.24, 2.45) is 4.99 Å². The second-order valence-electron chi connectivity index (χ2n) is 8.19. The van der Waals surface area contributed by atoms with Crippen molar-refractivity contribution >= 4 is 17.3 Å². The number of aromatic nitrogens is 3. The zero-order valence-corrected chi connectivity index (χ0v) is 17.6. The van der Waals surface area contributed by atoms with Gasteiger partial charge in [0.05, 0.1) is 18.4 Å². The number of carbonyl (C=O) groups excluding carboxylic acids is 1. The third-order valence-corrected chi connectivity index (χ3v) is 6.05. The molecule has 0 saturated carbocycles. The first-order valence-electron chi connectivity index (χ1n) is 10.4. The van der Waals surface area contributed by atoms with Crippen LogP contribution >= 0.6 is 0 Å². The number of hydrogen-bond donors (Lipinski definition) is 0. The summed E-state index contributed by atoms with van der Waals surface area (Å²) in [5.41, 5.74) is 4.31. The van der Waals surface area contributed by atoms with Crippen molar-refractivity contribution in [1.29, 1.82) is 0 Å². The van der Waals surface area contributed by atoms with Gasteiger partial charge in [0, 0.05) is 22.4 Å². The van der Waals surface area contributed by atoms with Crippen LogP contribution in [0.15, 0.2) is 47.6 Å². The van der Waals surface area contributed by atoms with E-state index >= 15 is 0 Å². The minimum atomic E-state index is -4.65. The maximum Gasteiger partial charge on any atom is 0.406 e. The van der Waals surface area contributed by atoms with E-state index in [9.17, 15) is 22.4 Å². The number of fused-ring (bicyclic) bond motifs is 2. The lowest BCUT2D eigenvalue weighted by atomic mass is 10.0. The van der Waals surface area contributed by atoms with Gasteiger partial charge in [0.15, 0.2) is 0 Å². The summed E-state index contributed by atoms with van der Waals surface area (Å²) in [6, 6.07) is 8.54. The smallest absolute Gasteiger partial charge is 0.301 e. The second kappa shape index (κ2) is 7.79. The predicted octanol–water partition coefficient (Wildman–Crippen LogP) is 4.49. The molecule has 6 nitrogen and oxygen atoms in total. The quantitative estimate of drug-likeness (QED) is 0.545. The second-order valence-corrected chi connectivity index (χ2v) is 8.19. The molecule has 1 unspecified atom stereocenters. The lowest BCUT2D eigenvalue weighted by Gasteiger charge is -2.26. The van der Waals surface area contributed by atoms with Crippen LogP contribution in [0.5, 0.6) is 0 Å². The van der Waals surface area contributed by atoms with Crippen LogP contribution in [0.3, 0.4) is 0 Å². The van der Waals surface area contributed by atoms with Gasteiger partial charge in [0.25, 0.3) is 5.91 Å². The van der Waals surface area contributed by atoms with Gasteiger partial charge in [-0.3, -0.25) is 9.79 Å². The van der Waals surface area contributed by atoms with Gasteiger partial charge in [0.1, 0.15) is 24.1 Å². The summed E-state index contributed by atoms with van der Waals surface area (Å²) in [6.07, 6.45) is -2.91. The fraction of sp³-hybridized carbons (Fsp3) is 0.304. The number of alkyl halides is 3. The number of nitrogens with zero attached hydrogens (tertiary/aromatic N) is 5. The number of anilines is 1. The number of rotatable bonds is 3. The van der Waals surface area contributed by atoms with Gasteiger partial charge in [-0.15, -0.1) is 5.10 Å².